The number of Topliss-reactive ketones (excluding diaryl/α,β-unsaturated/α-hetero) is 1. The van der Waals surface area contributed by atoms with E-state index in [0.717, 1.165) is 29.3 Å². The van der Waals surface area contributed by atoms with Gasteiger partial charge in [-0.15, -0.1) is 0 Å². The van der Waals surface area contributed by atoms with Crippen molar-refractivity contribution in [2.24, 2.45) is 5.73 Å². The van der Waals surface area contributed by atoms with Gasteiger partial charge in [0.2, 0.25) is 17.7 Å². The minimum atomic E-state index is -4.65. The van der Waals surface area contributed by atoms with E-state index in [-0.39, 0.29) is 49.6 Å². The molecule has 0 fully saturated rings. The van der Waals surface area contributed by atoms with Crippen LogP contribution in [0.2, 0.25) is 5.02 Å². The monoisotopic (exact) mass is 656 g/mol. The molecule has 0 bridgehead atoms. The molecule has 0 unspecified atom stereocenters. The molecule has 0 aromatic heterocycles. The van der Waals surface area contributed by atoms with E-state index in [1.54, 1.807) is 35.2 Å². The molecule has 2 atom stereocenters. The quantitative estimate of drug-likeness (QED) is 0.156. The van der Waals surface area contributed by atoms with Crippen molar-refractivity contribution in [2.45, 2.75) is 69.8 Å². The van der Waals surface area contributed by atoms with Crippen LogP contribution in [0, 0.1) is 0 Å². The zero-order chi connectivity index (χ0) is 33.3. The first-order valence-electron chi connectivity index (χ1n) is 15.1. The van der Waals surface area contributed by atoms with Crippen molar-refractivity contribution in [1.29, 1.82) is 0 Å². The molecule has 0 aliphatic carbocycles. The second-order valence-electron chi connectivity index (χ2n) is 11.2. The Morgan fingerprint density at radius 2 is 1.63 bits per heavy atom. The van der Waals surface area contributed by atoms with Gasteiger partial charge in [0, 0.05) is 43.1 Å². The first-order valence-corrected chi connectivity index (χ1v) is 15.5. The summed E-state index contributed by atoms with van der Waals surface area (Å²) in [6.07, 6.45) is -2.99. The molecule has 4 rings (SSSR count). The number of hydrogen-bond acceptors (Lipinski definition) is 5. The van der Waals surface area contributed by atoms with Gasteiger partial charge in [-0.3, -0.25) is 19.2 Å². The van der Waals surface area contributed by atoms with Crippen LogP contribution in [0.4, 0.5) is 18.9 Å². The maximum Gasteiger partial charge on any atom is 0.417 e. The number of ketones is 1. The van der Waals surface area contributed by atoms with Gasteiger partial charge >= 0.3 is 6.18 Å². The SMILES string of the molecule is NCCCC[C@H](NC(=O)C[C@@H]1Cc2ccccc2CN1C(=O)CCC(=O)c1ccccc1)C(=O)Nc1ccc(C(F)(F)F)c(Cl)c1. The molecule has 0 spiro atoms. The van der Waals surface area contributed by atoms with Gasteiger partial charge in [0.15, 0.2) is 5.78 Å². The van der Waals surface area contributed by atoms with E-state index in [2.05, 4.69) is 10.6 Å². The van der Waals surface area contributed by atoms with E-state index in [1.807, 2.05) is 24.3 Å². The Morgan fingerprint density at radius 3 is 2.30 bits per heavy atom. The van der Waals surface area contributed by atoms with E-state index >= 15 is 0 Å². The zero-order valence-electron chi connectivity index (χ0n) is 25.1. The Labute approximate surface area is 270 Å². The summed E-state index contributed by atoms with van der Waals surface area (Å²) in [6.45, 7) is 0.656. The van der Waals surface area contributed by atoms with Crippen molar-refractivity contribution in [2.75, 3.05) is 11.9 Å². The van der Waals surface area contributed by atoms with E-state index in [0.29, 0.717) is 31.4 Å². The summed E-state index contributed by atoms with van der Waals surface area (Å²) in [4.78, 5) is 54.3. The number of hydrogen-bond donors (Lipinski definition) is 3. The number of benzene rings is 3. The third-order valence-electron chi connectivity index (χ3n) is 7.90. The summed E-state index contributed by atoms with van der Waals surface area (Å²) in [5, 5.41) is 4.73. The minimum Gasteiger partial charge on any atom is -0.344 e. The molecule has 1 aliphatic rings. The number of alkyl halides is 3. The normalized spacial score (nSPS) is 15.1. The molecule has 1 heterocycles. The van der Waals surface area contributed by atoms with Gasteiger partial charge in [-0.25, -0.2) is 0 Å². The lowest BCUT2D eigenvalue weighted by atomic mass is 9.91. The maximum absolute atomic E-state index is 13.4. The molecule has 4 N–H and O–H groups in total. The molecule has 1 aliphatic heterocycles. The molecule has 46 heavy (non-hydrogen) atoms. The highest BCUT2D eigenvalue weighted by Gasteiger charge is 2.34. The summed E-state index contributed by atoms with van der Waals surface area (Å²) < 4.78 is 39.4. The topological polar surface area (TPSA) is 122 Å². The van der Waals surface area contributed by atoms with Crippen LogP contribution in [-0.2, 0) is 33.5 Å². The lowest BCUT2D eigenvalue weighted by Crippen LogP contribution is -2.49. The zero-order valence-corrected chi connectivity index (χ0v) is 25.9. The van der Waals surface area contributed by atoms with E-state index in [4.69, 9.17) is 17.3 Å². The fraction of sp³-hybridized carbons (Fsp3) is 0.353. The van der Waals surface area contributed by atoms with Crippen molar-refractivity contribution >= 4 is 40.8 Å². The van der Waals surface area contributed by atoms with Crippen molar-refractivity contribution in [3.63, 3.8) is 0 Å². The molecule has 0 radical (unpaired) electrons. The van der Waals surface area contributed by atoms with E-state index < -0.39 is 40.7 Å². The molecule has 12 heteroatoms. The molecule has 3 aromatic rings. The fourth-order valence-electron chi connectivity index (χ4n) is 5.48. The van der Waals surface area contributed by atoms with E-state index in [9.17, 15) is 32.3 Å². The molecule has 0 saturated heterocycles. The van der Waals surface area contributed by atoms with Crippen LogP contribution in [-0.4, -0.2) is 47.0 Å². The van der Waals surface area contributed by atoms with Crippen molar-refractivity contribution < 1.29 is 32.3 Å². The largest absolute Gasteiger partial charge is 0.417 e. The maximum atomic E-state index is 13.4. The van der Waals surface area contributed by atoms with Gasteiger partial charge in [0.05, 0.1) is 10.6 Å². The number of halogens is 4. The van der Waals surface area contributed by atoms with Crippen LogP contribution in [0.1, 0.15) is 65.6 Å². The second kappa shape index (κ2) is 15.9. The molecule has 8 nitrogen and oxygen atoms in total. The molecule has 0 saturated carbocycles. The number of amides is 3. The Kier molecular flexibility index (Phi) is 11.9. The third kappa shape index (κ3) is 9.40. The highest BCUT2D eigenvalue weighted by Crippen LogP contribution is 2.36. The summed E-state index contributed by atoms with van der Waals surface area (Å²) in [5.74, 6) is -1.50. The number of carbonyl (C=O) groups excluding carboxylic acids is 4. The first kappa shape index (κ1) is 34.6. The second-order valence-corrected chi connectivity index (χ2v) is 11.6. The average Bonchev–Trinajstić information content (AvgIpc) is 3.02. The van der Waals surface area contributed by atoms with Crippen molar-refractivity contribution in [1.82, 2.24) is 10.2 Å². The average molecular weight is 657 g/mol. The Balaban J connectivity index is 1.45. The van der Waals surface area contributed by atoms with Crippen LogP contribution in [0.15, 0.2) is 72.8 Å². The molecule has 3 amide bonds. The lowest BCUT2D eigenvalue weighted by Gasteiger charge is -2.37. The highest BCUT2D eigenvalue weighted by molar-refractivity contribution is 6.31. The van der Waals surface area contributed by atoms with Gasteiger partial charge in [-0.2, -0.15) is 13.2 Å². The molecular weight excluding hydrogens is 621 g/mol. The highest BCUT2D eigenvalue weighted by atomic mass is 35.5. The van der Waals surface area contributed by atoms with Crippen LogP contribution in [0.5, 0.6) is 0 Å². The van der Waals surface area contributed by atoms with Crippen molar-refractivity contribution in [3.05, 3.63) is 100 Å². The number of anilines is 1. The van der Waals surface area contributed by atoms with Crippen LogP contribution >= 0.6 is 11.6 Å². The van der Waals surface area contributed by atoms with Gasteiger partial charge in [-0.1, -0.05) is 66.2 Å². The minimum absolute atomic E-state index is 0.0200. The Morgan fingerprint density at radius 1 is 0.935 bits per heavy atom. The van der Waals surface area contributed by atoms with Crippen LogP contribution in [0.25, 0.3) is 0 Å². The molecular formula is C34H36ClF3N4O4. The summed E-state index contributed by atoms with van der Waals surface area (Å²) in [7, 11) is 0. The van der Waals surface area contributed by atoms with Gasteiger partial charge < -0.3 is 21.3 Å². The summed E-state index contributed by atoms with van der Waals surface area (Å²) in [5.41, 5.74) is 7.11. The number of nitrogens with two attached hydrogens (primary N) is 1. The standard InChI is InChI=1S/C34H36ClF3N4O4/c35-28-19-25(13-14-27(28)34(36,37)38)40-33(46)29(12-6-7-17-39)41-31(44)20-26-18-23-10-4-5-11-24(23)21-42(26)32(45)16-15-30(43)22-8-2-1-3-9-22/h1-5,8-11,13-14,19,26,29H,6-7,12,15-18,20-21,39H2,(H,40,46)(H,41,44)/t26-,29-/m0/s1. The Bertz CT molecular complexity index is 1550. The van der Waals surface area contributed by atoms with E-state index in [1.165, 1.54) is 0 Å². The Hall–Kier alpha value is -4.22. The van der Waals surface area contributed by atoms with Gasteiger partial charge in [0.1, 0.15) is 6.04 Å². The van der Waals surface area contributed by atoms with Gasteiger partial charge in [0.25, 0.3) is 0 Å². The summed E-state index contributed by atoms with van der Waals surface area (Å²) >= 11 is 5.81. The number of carbonyl (C=O) groups is 4. The molecule has 244 valence electrons. The fourth-order valence-corrected chi connectivity index (χ4v) is 5.76. The predicted molar refractivity (Wildman–Crippen MR) is 169 cm³/mol. The number of rotatable bonds is 13. The lowest BCUT2D eigenvalue weighted by molar-refractivity contribution is -0.138. The third-order valence-corrected chi connectivity index (χ3v) is 8.21. The number of fused-ring (bicyclic) bond motifs is 1. The first-order chi connectivity index (χ1) is 22.0. The number of unbranched alkanes of at least 4 members (excludes halogenated alkanes) is 1. The van der Waals surface area contributed by atoms with Crippen molar-refractivity contribution in [3.8, 4) is 0 Å². The van der Waals surface area contributed by atoms with Gasteiger partial charge in [-0.05, 0) is 61.6 Å². The van der Waals surface area contributed by atoms with Crippen LogP contribution < -0.4 is 16.4 Å². The predicted octanol–water partition coefficient (Wildman–Crippen LogP) is 5.92. The number of nitrogens with zero attached hydrogens (tertiary/aromatic N) is 1. The molecule has 3 aromatic carbocycles. The summed E-state index contributed by atoms with van der Waals surface area (Å²) in [6, 6.07) is 17.7. The smallest absolute Gasteiger partial charge is 0.344 e. The van der Waals surface area contributed by atoms with Crippen LogP contribution in [0.3, 0.4) is 0 Å². The number of nitrogens with one attached hydrogen (secondary N) is 2.